The number of benzene rings is 1. The maximum absolute atomic E-state index is 12.2. The molecular formula is C22H30N2O3. The molecule has 1 aliphatic carbocycles. The van der Waals surface area contributed by atoms with Gasteiger partial charge in [-0.2, -0.15) is 0 Å². The molecule has 2 N–H and O–H groups in total. The van der Waals surface area contributed by atoms with Crippen molar-refractivity contribution in [3.63, 3.8) is 0 Å². The van der Waals surface area contributed by atoms with Crippen molar-refractivity contribution in [1.82, 2.24) is 10.2 Å². The summed E-state index contributed by atoms with van der Waals surface area (Å²) in [5.41, 5.74) is 2.15. The number of aliphatic hydroxyl groups is 1. The first kappa shape index (κ1) is 18.5. The Morgan fingerprint density at radius 1 is 1.41 bits per heavy atom. The van der Waals surface area contributed by atoms with Gasteiger partial charge in [0.2, 0.25) is 5.91 Å². The van der Waals surface area contributed by atoms with Gasteiger partial charge in [0, 0.05) is 24.0 Å². The molecule has 0 spiro atoms. The van der Waals surface area contributed by atoms with Crippen LogP contribution in [-0.4, -0.2) is 54.3 Å². The Hall–Kier alpha value is -1.85. The van der Waals surface area contributed by atoms with E-state index in [1.54, 1.807) is 13.2 Å². The van der Waals surface area contributed by atoms with Crippen molar-refractivity contribution in [2.75, 3.05) is 20.7 Å². The van der Waals surface area contributed by atoms with E-state index in [1.165, 1.54) is 11.1 Å². The van der Waals surface area contributed by atoms with Crippen LogP contribution in [0.25, 0.3) is 0 Å². The summed E-state index contributed by atoms with van der Waals surface area (Å²) < 4.78 is 5.53. The Labute approximate surface area is 161 Å². The van der Waals surface area contributed by atoms with Gasteiger partial charge in [-0.15, -0.1) is 0 Å². The molecule has 0 aromatic heterocycles. The molecule has 4 rings (SSSR count). The minimum atomic E-state index is -0.926. The third kappa shape index (κ3) is 2.55. The van der Waals surface area contributed by atoms with Gasteiger partial charge in [-0.25, -0.2) is 0 Å². The second-order valence-electron chi connectivity index (χ2n) is 8.45. The molecule has 1 saturated carbocycles. The molecule has 1 amide bonds. The van der Waals surface area contributed by atoms with Crippen molar-refractivity contribution >= 4 is 5.91 Å². The van der Waals surface area contributed by atoms with Crippen molar-refractivity contribution in [3.8, 4) is 5.75 Å². The SMILES string of the molecule is CCc1ccc(OC)cc1[C@]12CCN(C)C(C)[C@]1(O)CC1=CC(=O)N[C@H]1C2. The summed E-state index contributed by atoms with van der Waals surface area (Å²) >= 11 is 0. The van der Waals surface area contributed by atoms with E-state index in [2.05, 4.69) is 43.2 Å². The Morgan fingerprint density at radius 2 is 2.19 bits per heavy atom. The van der Waals surface area contributed by atoms with Gasteiger partial charge < -0.3 is 20.1 Å². The van der Waals surface area contributed by atoms with Crippen LogP contribution in [0.2, 0.25) is 0 Å². The second kappa shape index (κ2) is 6.35. The summed E-state index contributed by atoms with van der Waals surface area (Å²) in [4.78, 5) is 14.3. The lowest BCUT2D eigenvalue weighted by molar-refractivity contribution is -0.141. The van der Waals surface area contributed by atoms with E-state index >= 15 is 0 Å². The fourth-order valence-corrected chi connectivity index (χ4v) is 5.64. The number of ether oxygens (including phenoxy) is 1. The van der Waals surface area contributed by atoms with Crippen LogP contribution in [0.3, 0.4) is 0 Å². The Balaban J connectivity index is 1.92. The van der Waals surface area contributed by atoms with Gasteiger partial charge in [-0.1, -0.05) is 13.0 Å². The van der Waals surface area contributed by atoms with E-state index in [1.807, 2.05) is 6.07 Å². The van der Waals surface area contributed by atoms with E-state index in [9.17, 15) is 9.90 Å². The van der Waals surface area contributed by atoms with E-state index in [-0.39, 0.29) is 18.0 Å². The van der Waals surface area contributed by atoms with Crippen LogP contribution >= 0.6 is 0 Å². The van der Waals surface area contributed by atoms with Crippen LogP contribution in [0.15, 0.2) is 29.8 Å². The van der Waals surface area contributed by atoms with Gasteiger partial charge in [0.05, 0.1) is 18.8 Å². The molecule has 27 heavy (non-hydrogen) atoms. The highest BCUT2D eigenvalue weighted by Gasteiger charge is 2.62. The molecule has 2 aliphatic heterocycles. The molecule has 2 heterocycles. The summed E-state index contributed by atoms with van der Waals surface area (Å²) in [5, 5.41) is 15.3. The molecule has 0 radical (unpaired) electrons. The molecule has 146 valence electrons. The number of piperidine rings is 1. The third-order valence-corrected chi connectivity index (χ3v) is 7.39. The zero-order valence-electron chi connectivity index (χ0n) is 16.7. The van der Waals surface area contributed by atoms with Crippen LogP contribution in [-0.2, 0) is 16.6 Å². The summed E-state index contributed by atoms with van der Waals surface area (Å²) in [7, 11) is 3.77. The number of nitrogens with one attached hydrogen (secondary N) is 1. The first-order valence-corrected chi connectivity index (χ1v) is 9.95. The maximum atomic E-state index is 12.2. The quantitative estimate of drug-likeness (QED) is 0.856. The first-order chi connectivity index (χ1) is 12.8. The van der Waals surface area contributed by atoms with Crippen LogP contribution < -0.4 is 10.1 Å². The standard InChI is InChI=1S/C22H30N2O3/c1-5-15-6-7-17(27-4)11-18(15)21-8-9-24(3)14(2)22(21,26)12-16-10-20(25)23-19(16)13-21/h6-7,10-11,14,19,26H,5,8-9,12-13H2,1-4H3,(H,23,25)/t14?,19-,21+,22+/m0/s1. The van der Waals surface area contributed by atoms with E-state index < -0.39 is 11.0 Å². The number of rotatable bonds is 3. The highest BCUT2D eigenvalue weighted by Crippen LogP contribution is 2.56. The molecule has 1 aromatic rings. The summed E-state index contributed by atoms with van der Waals surface area (Å²) in [5.74, 6) is 0.789. The average Bonchev–Trinajstić information content (AvgIpc) is 3.01. The van der Waals surface area contributed by atoms with Crippen molar-refractivity contribution in [3.05, 3.63) is 41.0 Å². The molecule has 1 unspecified atom stereocenters. The highest BCUT2D eigenvalue weighted by molar-refractivity contribution is 5.92. The van der Waals surface area contributed by atoms with Gasteiger partial charge >= 0.3 is 0 Å². The van der Waals surface area contributed by atoms with Gasteiger partial charge in [0.15, 0.2) is 0 Å². The van der Waals surface area contributed by atoms with Crippen molar-refractivity contribution in [2.24, 2.45) is 0 Å². The fourth-order valence-electron chi connectivity index (χ4n) is 5.64. The predicted octanol–water partition coefficient (Wildman–Crippen LogP) is 2.17. The predicted molar refractivity (Wildman–Crippen MR) is 105 cm³/mol. The molecular weight excluding hydrogens is 340 g/mol. The van der Waals surface area contributed by atoms with E-state index in [0.29, 0.717) is 6.42 Å². The number of hydrogen-bond acceptors (Lipinski definition) is 4. The molecule has 1 aromatic carbocycles. The largest absolute Gasteiger partial charge is 0.497 e. The molecule has 5 heteroatoms. The molecule has 3 aliphatic rings. The zero-order chi connectivity index (χ0) is 19.4. The number of methoxy groups -OCH3 is 1. The average molecular weight is 370 g/mol. The lowest BCUT2D eigenvalue weighted by atomic mass is 9.51. The van der Waals surface area contributed by atoms with Crippen molar-refractivity contribution in [2.45, 2.75) is 62.6 Å². The summed E-state index contributed by atoms with van der Waals surface area (Å²) in [6, 6.07) is 6.27. The topological polar surface area (TPSA) is 61.8 Å². The monoisotopic (exact) mass is 370 g/mol. The summed E-state index contributed by atoms with van der Waals surface area (Å²) in [6.07, 6.45) is 4.73. The fraction of sp³-hybridized carbons (Fsp3) is 0.591. The number of fused-ring (bicyclic) bond motifs is 2. The lowest BCUT2D eigenvalue weighted by Gasteiger charge is -2.61. The van der Waals surface area contributed by atoms with Gasteiger partial charge in [0.25, 0.3) is 0 Å². The Bertz CT molecular complexity index is 805. The zero-order valence-corrected chi connectivity index (χ0v) is 16.7. The molecule has 1 saturated heterocycles. The Morgan fingerprint density at radius 3 is 2.89 bits per heavy atom. The minimum Gasteiger partial charge on any atom is -0.497 e. The number of aryl methyl sites for hydroxylation is 1. The number of carbonyl (C=O) groups excluding carboxylic acids is 1. The normalized spacial score (nSPS) is 35.9. The molecule has 2 fully saturated rings. The first-order valence-electron chi connectivity index (χ1n) is 9.95. The third-order valence-electron chi connectivity index (χ3n) is 7.39. The van der Waals surface area contributed by atoms with Crippen LogP contribution in [0, 0.1) is 0 Å². The Kier molecular flexibility index (Phi) is 4.35. The lowest BCUT2D eigenvalue weighted by Crippen LogP contribution is -2.70. The number of nitrogens with zero attached hydrogens (tertiary/aromatic N) is 1. The molecule has 0 bridgehead atoms. The second-order valence-corrected chi connectivity index (χ2v) is 8.45. The number of amides is 1. The minimum absolute atomic E-state index is 0.000269. The maximum Gasteiger partial charge on any atom is 0.244 e. The van der Waals surface area contributed by atoms with Crippen LogP contribution in [0.5, 0.6) is 5.75 Å². The van der Waals surface area contributed by atoms with Crippen molar-refractivity contribution in [1.29, 1.82) is 0 Å². The number of likely N-dealkylation sites (N-methyl/N-ethyl adjacent to an activating group) is 1. The van der Waals surface area contributed by atoms with Gasteiger partial charge in [-0.05, 0) is 68.6 Å². The highest BCUT2D eigenvalue weighted by atomic mass is 16.5. The van der Waals surface area contributed by atoms with Crippen LogP contribution in [0.1, 0.15) is 44.2 Å². The smallest absolute Gasteiger partial charge is 0.244 e. The summed E-state index contributed by atoms with van der Waals surface area (Å²) in [6.45, 7) is 5.19. The van der Waals surface area contributed by atoms with Gasteiger partial charge in [-0.3, -0.25) is 4.79 Å². The van der Waals surface area contributed by atoms with Gasteiger partial charge in [0.1, 0.15) is 5.75 Å². The molecule has 4 atom stereocenters. The number of carbonyl (C=O) groups is 1. The van der Waals surface area contributed by atoms with Crippen LogP contribution in [0.4, 0.5) is 0 Å². The van der Waals surface area contributed by atoms with E-state index in [0.717, 1.165) is 37.1 Å². The number of hydrogen-bond donors (Lipinski definition) is 2. The number of likely N-dealkylation sites (tertiary alicyclic amines) is 1. The van der Waals surface area contributed by atoms with Crippen molar-refractivity contribution < 1.29 is 14.6 Å². The molecule has 5 nitrogen and oxygen atoms in total. The van der Waals surface area contributed by atoms with E-state index in [4.69, 9.17) is 4.74 Å².